The van der Waals surface area contributed by atoms with E-state index in [0.717, 1.165) is 19.5 Å². The van der Waals surface area contributed by atoms with E-state index in [9.17, 15) is 4.79 Å². The molecule has 2 rings (SSSR count). The van der Waals surface area contributed by atoms with Crippen molar-refractivity contribution in [2.24, 2.45) is 0 Å². The van der Waals surface area contributed by atoms with Gasteiger partial charge in [-0.1, -0.05) is 23.2 Å². The van der Waals surface area contributed by atoms with E-state index in [-0.39, 0.29) is 5.91 Å². The fourth-order valence-electron chi connectivity index (χ4n) is 2.22. The number of likely N-dealkylation sites (N-methyl/N-ethyl adjacent to an activating group) is 1. The minimum atomic E-state index is -0.0556. The first-order chi connectivity index (χ1) is 8.61. The molecule has 18 heavy (non-hydrogen) atoms. The molecule has 2 heterocycles. The maximum atomic E-state index is 12.3. The summed E-state index contributed by atoms with van der Waals surface area (Å²) in [4.78, 5) is 16.9. The van der Waals surface area contributed by atoms with Crippen LogP contribution in [0, 0.1) is 0 Å². The van der Waals surface area contributed by atoms with E-state index >= 15 is 0 Å². The number of aromatic amines is 1. The summed E-state index contributed by atoms with van der Waals surface area (Å²) >= 11 is 11.7. The summed E-state index contributed by atoms with van der Waals surface area (Å²) in [6, 6.07) is 1.98. The molecular formula is C12H17Cl2N3O. The Morgan fingerprint density at radius 3 is 2.83 bits per heavy atom. The number of nitrogens with one attached hydrogen (secondary N) is 2. The molecule has 0 radical (unpaired) electrons. The van der Waals surface area contributed by atoms with Gasteiger partial charge in [0.05, 0.1) is 5.02 Å². The summed E-state index contributed by atoms with van der Waals surface area (Å²) in [6.45, 7) is 4.41. The van der Waals surface area contributed by atoms with Crippen LogP contribution in [0.15, 0.2) is 6.07 Å². The number of H-pyrrole nitrogens is 1. The van der Waals surface area contributed by atoms with Gasteiger partial charge in [0, 0.05) is 19.1 Å². The zero-order valence-corrected chi connectivity index (χ0v) is 11.8. The molecule has 1 amide bonds. The minimum Gasteiger partial charge on any atom is -0.340 e. The second kappa shape index (κ2) is 5.95. The molecule has 1 unspecified atom stereocenters. The van der Waals surface area contributed by atoms with Crippen molar-refractivity contribution in [1.29, 1.82) is 0 Å². The van der Waals surface area contributed by atoms with Gasteiger partial charge in [0.25, 0.3) is 5.91 Å². The average molecular weight is 290 g/mol. The lowest BCUT2D eigenvalue weighted by molar-refractivity contribution is 0.0746. The zero-order chi connectivity index (χ0) is 13.1. The third kappa shape index (κ3) is 2.99. The SMILES string of the molecule is CCN(CC1CCCN1)C(=O)c1cc(Cl)c(Cl)[nH]1. The molecule has 0 saturated carbocycles. The lowest BCUT2D eigenvalue weighted by Gasteiger charge is -2.24. The van der Waals surface area contributed by atoms with Crippen LogP contribution in [0.5, 0.6) is 0 Å². The Morgan fingerprint density at radius 2 is 2.33 bits per heavy atom. The molecule has 1 atom stereocenters. The van der Waals surface area contributed by atoms with Crippen molar-refractivity contribution < 1.29 is 4.79 Å². The first-order valence-electron chi connectivity index (χ1n) is 6.18. The molecule has 1 fully saturated rings. The molecule has 1 aliphatic rings. The molecular weight excluding hydrogens is 273 g/mol. The van der Waals surface area contributed by atoms with Gasteiger partial charge in [-0.2, -0.15) is 0 Å². The lowest BCUT2D eigenvalue weighted by atomic mass is 10.2. The highest BCUT2D eigenvalue weighted by atomic mass is 35.5. The molecule has 100 valence electrons. The van der Waals surface area contributed by atoms with Gasteiger partial charge < -0.3 is 15.2 Å². The van der Waals surface area contributed by atoms with Crippen LogP contribution in [0.25, 0.3) is 0 Å². The summed E-state index contributed by atoms with van der Waals surface area (Å²) < 4.78 is 0. The van der Waals surface area contributed by atoms with Gasteiger partial charge in [-0.3, -0.25) is 4.79 Å². The van der Waals surface area contributed by atoms with E-state index in [1.807, 2.05) is 11.8 Å². The maximum absolute atomic E-state index is 12.3. The van der Waals surface area contributed by atoms with Crippen molar-refractivity contribution in [3.8, 4) is 0 Å². The van der Waals surface area contributed by atoms with E-state index in [4.69, 9.17) is 23.2 Å². The molecule has 6 heteroatoms. The summed E-state index contributed by atoms with van der Waals surface area (Å²) in [5, 5.41) is 4.09. The molecule has 1 aliphatic heterocycles. The number of nitrogens with zero attached hydrogens (tertiary/aromatic N) is 1. The van der Waals surface area contributed by atoms with Gasteiger partial charge in [0.2, 0.25) is 0 Å². The van der Waals surface area contributed by atoms with Crippen LogP contribution < -0.4 is 5.32 Å². The largest absolute Gasteiger partial charge is 0.340 e. The normalized spacial score (nSPS) is 19.2. The average Bonchev–Trinajstić information content (AvgIpc) is 2.96. The molecule has 4 nitrogen and oxygen atoms in total. The van der Waals surface area contributed by atoms with Gasteiger partial charge in [-0.25, -0.2) is 0 Å². The number of hydrogen-bond acceptors (Lipinski definition) is 2. The second-order valence-corrected chi connectivity index (χ2v) is 5.27. The molecule has 1 saturated heterocycles. The Morgan fingerprint density at radius 1 is 1.56 bits per heavy atom. The van der Waals surface area contributed by atoms with Gasteiger partial charge in [0.15, 0.2) is 0 Å². The summed E-state index contributed by atoms with van der Waals surface area (Å²) in [6.07, 6.45) is 2.30. The van der Waals surface area contributed by atoms with Crippen LogP contribution in [0.3, 0.4) is 0 Å². The van der Waals surface area contributed by atoms with Crippen molar-refractivity contribution in [1.82, 2.24) is 15.2 Å². The maximum Gasteiger partial charge on any atom is 0.270 e. The molecule has 0 spiro atoms. The highest BCUT2D eigenvalue weighted by Gasteiger charge is 2.22. The third-order valence-electron chi connectivity index (χ3n) is 3.23. The quantitative estimate of drug-likeness (QED) is 0.895. The highest BCUT2D eigenvalue weighted by Crippen LogP contribution is 2.22. The fraction of sp³-hybridized carbons (Fsp3) is 0.583. The lowest BCUT2D eigenvalue weighted by Crippen LogP contribution is -2.41. The number of carbonyl (C=O) groups is 1. The monoisotopic (exact) mass is 289 g/mol. The molecule has 0 aliphatic carbocycles. The fourth-order valence-corrected chi connectivity index (χ4v) is 2.54. The van der Waals surface area contributed by atoms with Gasteiger partial charge in [-0.05, 0) is 32.4 Å². The zero-order valence-electron chi connectivity index (χ0n) is 10.3. The Balaban J connectivity index is 2.04. The number of rotatable bonds is 4. The standard InChI is InChI=1S/C12H17Cl2N3O/c1-2-17(7-8-4-3-5-15-8)12(18)10-6-9(13)11(14)16-10/h6,8,15-16H,2-5,7H2,1H3. The third-order valence-corrected chi connectivity index (χ3v) is 3.92. The topological polar surface area (TPSA) is 48.1 Å². The number of halogens is 2. The van der Waals surface area contributed by atoms with Crippen molar-refractivity contribution in [2.75, 3.05) is 19.6 Å². The van der Waals surface area contributed by atoms with Crippen molar-refractivity contribution in [3.63, 3.8) is 0 Å². The molecule has 0 aromatic carbocycles. The Labute approximate surface area is 117 Å². The van der Waals surface area contributed by atoms with Gasteiger partial charge in [0.1, 0.15) is 10.8 Å². The van der Waals surface area contributed by atoms with Crippen molar-refractivity contribution >= 4 is 29.1 Å². The molecule has 1 aromatic heterocycles. The predicted octanol–water partition coefficient (Wildman–Crippen LogP) is 2.54. The van der Waals surface area contributed by atoms with E-state index in [2.05, 4.69) is 10.3 Å². The summed E-state index contributed by atoms with van der Waals surface area (Å²) in [5.74, 6) is -0.0556. The first kappa shape index (κ1) is 13.7. The van der Waals surface area contributed by atoms with E-state index in [1.165, 1.54) is 6.42 Å². The Bertz CT molecular complexity index is 407. The summed E-state index contributed by atoms with van der Waals surface area (Å²) in [7, 11) is 0. The number of aromatic nitrogens is 1. The van der Waals surface area contributed by atoms with Crippen LogP contribution >= 0.6 is 23.2 Å². The highest BCUT2D eigenvalue weighted by molar-refractivity contribution is 6.41. The van der Waals surface area contributed by atoms with Crippen molar-refractivity contribution in [2.45, 2.75) is 25.8 Å². The minimum absolute atomic E-state index is 0.0556. The van der Waals surface area contributed by atoms with Gasteiger partial charge >= 0.3 is 0 Å². The van der Waals surface area contributed by atoms with Crippen molar-refractivity contribution in [3.05, 3.63) is 21.9 Å². The van der Waals surface area contributed by atoms with E-state index in [0.29, 0.717) is 28.5 Å². The van der Waals surface area contributed by atoms with Crippen LogP contribution in [-0.2, 0) is 0 Å². The van der Waals surface area contributed by atoms with Crippen LogP contribution in [0.2, 0.25) is 10.2 Å². The smallest absolute Gasteiger partial charge is 0.270 e. The van der Waals surface area contributed by atoms with E-state index in [1.54, 1.807) is 6.07 Å². The molecule has 1 aromatic rings. The summed E-state index contributed by atoms with van der Waals surface area (Å²) in [5.41, 5.74) is 0.449. The second-order valence-electron chi connectivity index (χ2n) is 4.48. The van der Waals surface area contributed by atoms with Gasteiger partial charge in [-0.15, -0.1) is 0 Å². The van der Waals surface area contributed by atoms with Crippen LogP contribution in [-0.4, -0.2) is 41.5 Å². The number of hydrogen-bond donors (Lipinski definition) is 2. The number of amides is 1. The predicted molar refractivity (Wildman–Crippen MR) is 73.4 cm³/mol. The Hall–Kier alpha value is -0.710. The van der Waals surface area contributed by atoms with E-state index < -0.39 is 0 Å². The van der Waals surface area contributed by atoms with Crippen LogP contribution in [0.1, 0.15) is 30.3 Å². The molecule has 2 N–H and O–H groups in total. The first-order valence-corrected chi connectivity index (χ1v) is 6.94. The van der Waals surface area contributed by atoms with Crippen LogP contribution in [0.4, 0.5) is 0 Å². The molecule has 0 bridgehead atoms. The Kier molecular flexibility index (Phi) is 4.54. The number of carbonyl (C=O) groups excluding carboxylic acids is 1.